The molecule has 1 aromatic heterocycles. The lowest BCUT2D eigenvalue weighted by atomic mass is 9.90. The molecule has 26 heavy (non-hydrogen) atoms. The minimum Gasteiger partial charge on any atom is -0.481 e. The fourth-order valence-corrected chi connectivity index (χ4v) is 3.51. The Morgan fingerprint density at radius 2 is 2.08 bits per heavy atom. The van der Waals surface area contributed by atoms with Crippen LogP contribution in [0.15, 0.2) is 30.5 Å². The molecule has 0 aliphatic carbocycles. The Bertz CT molecular complexity index is 859. The van der Waals surface area contributed by atoms with Crippen molar-refractivity contribution in [2.75, 3.05) is 13.1 Å². The molecule has 3 rings (SSSR count). The molecule has 2 unspecified atom stereocenters. The van der Waals surface area contributed by atoms with Crippen molar-refractivity contribution in [1.29, 1.82) is 0 Å². The zero-order chi connectivity index (χ0) is 18.9. The van der Waals surface area contributed by atoms with Crippen molar-refractivity contribution < 1.29 is 19.5 Å². The molecule has 138 valence electrons. The molecule has 7 heteroatoms. The first-order valence-electron chi connectivity index (χ1n) is 8.64. The van der Waals surface area contributed by atoms with E-state index >= 15 is 0 Å². The number of benzene rings is 1. The number of nitrogens with one attached hydrogen (secondary N) is 2. The van der Waals surface area contributed by atoms with Crippen LogP contribution in [0.1, 0.15) is 25.8 Å². The van der Waals surface area contributed by atoms with Crippen LogP contribution in [-0.4, -0.2) is 51.9 Å². The number of para-hydroxylation sites is 1. The average molecular weight is 357 g/mol. The molecule has 2 heterocycles. The monoisotopic (exact) mass is 357 g/mol. The van der Waals surface area contributed by atoms with Crippen molar-refractivity contribution in [3.05, 3.63) is 36.0 Å². The maximum atomic E-state index is 13.0. The molecular formula is C19H23N3O4. The number of carboxylic acid groups (broad SMARTS) is 1. The minimum atomic E-state index is -0.933. The van der Waals surface area contributed by atoms with Crippen LogP contribution in [0, 0.1) is 5.41 Å². The van der Waals surface area contributed by atoms with Gasteiger partial charge in [-0.15, -0.1) is 0 Å². The Morgan fingerprint density at radius 3 is 2.73 bits per heavy atom. The lowest BCUT2D eigenvalue weighted by Crippen LogP contribution is -2.49. The lowest BCUT2D eigenvalue weighted by molar-refractivity contribution is -0.147. The van der Waals surface area contributed by atoms with Gasteiger partial charge in [-0.1, -0.05) is 18.2 Å². The predicted octanol–water partition coefficient (Wildman–Crippen LogP) is 1.54. The van der Waals surface area contributed by atoms with E-state index in [4.69, 9.17) is 0 Å². The normalized spacial score (nSPS) is 20.9. The van der Waals surface area contributed by atoms with Crippen LogP contribution in [0.2, 0.25) is 0 Å². The van der Waals surface area contributed by atoms with Crippen molar-refractivity contribution in [3.63, 3.8) is 0 Å². The molecule has 0 bridgehead atoms. The van der Waals surface area contributed by atoms with Crippen LogP contribution in [-0.2, 0) is 20.8 Å². The molecule has 0 saturated carbocycles. The molecule has 2 atom stereocenters. The number of H-pyrrole nitrogens is 1. The van der Waals surface area contributed by atoms with E-state index in [0.717, 1.165) is 16.5 Å². The van der Waals surface area contributed by atoms with Crippen LogP contribution in [0.3, 0.4) is 0 Å². The molecule has 0 radical (unpaired) electrons. The number of aliphatic carboxylic acids is 1. The van der Waals surface area contributed by atoms with E-state index in [2.05, 4.69) is 10.3 Å². The maximum absolute atomic E-state index is 13.0. The summed E-state index contributed by atoms with van der Waals surface area (Å²) in [6.07, 6.45) is 2.61. The number of nitrogens with zero attached hydrogens (tertiary/aromatic N) is 1. The van der Waals surface area contributed by atoms with Gasteiger partial charge in [0.2, 0.25) is 11.8 Å². The Hall–Kier alpha value is -2.83. The topological polar surface area (TPSA) is 103 Å². The van der Waals surface area contributed by atoms with Crippen molar-refractivity contribution in [2.24, 2.45) is 5.41 Å². The molecule has 1 aromatic carbocycles. The third-order valence-electron chi connectivity index (χ3n) is 5.08. The van der Waals surface area contributed by atoms with E-state index in [1.54, 1.807) is 11.8 Å². The van der Waals surface area contributed by atoms with Gasteiger partial charge in [0.05, 0.1) is 5.41 Å². The van der Waals surface area contributed by atoms with Gasteiger partial charge in [0, 0.05) is 43.5 Å². The minimum absolute atomic E-state index is 0.158. The van der Waals surface area contributed by atoms with E-state index in [-0.39, 0.29) is 18.4 Å². The highest BCUT2D eigenvalue weighted by Crippen LogP contribution is 2.31. The summed E-state index contributed by atoms with van der Waals surface area (Å²) in [7, 11) is 0. The van der Waals surface area contributed by atoms with Crippen LogP contribution >= 0.6 is 0 Å². The van der Waals surface area contributed by atoms with Crippen molar-refractivity contribution in [2.45, 2.75) is 32.7 Å². The molecule has 2 aromatic rings. The van der Waals surface area contributed by atoms with E-state index in [1.165, 1.54) is 6.92 Å². The standard InChI is InChI=1S/C19H23N3O4/c1-12(23)21-16(9-13-10-20-15-6-4-3-5-14(13)15)17(24)22-8-7-19(2,11-22)18(25)26/h3-6,10,16,20H,7-9,11H2,1-2H3,(H,21,23)(H,25,26). The quantitative estimate of drug-likeness (QED) is 0.755. The predicted molar refractivity (Wildman–Crippen MR) is 96.5 cm³/mol. The van der Waals surface area contributed by atoms with Gasteiger partial charge in [0.1, 0.15) is 6.04 Å². The highest BCUT2D eigenvalue weighted by atomic mass is 16.4. The summed E-state index contributed by atoms with van der Waals surface area (Å²) in [4.78, 5) is 40.7. The second kappa shape index (κ2) is 6.82. The van der Waals surface area contributed by atoms with Gasteiger partial charge in [-0.05, 0) is 25.0 Å². The smallest absolute Gasteiger partial charge is 0.311 e. The van der Waals surface area contributed by atoms with Crippen LogP contribution in [0.25, 0.3) is 10.9 Å². The van der Waals surface area contributed by atoms with Gasteiger partial charge in [0.25, 0.3) is 0 Å². The van der Waals surface area contributed by atoms with Gasteiger partial charge >= 0.3 is 5.97 Å². The maximum Gasteiger partial charge on any atom is 0.311 e. The second-order valence-electron chi connectivity index (χ2n) is 7.19. The van der Waals surface area contributed by atoms with E-state index in [9.17, 15) is 19.5 Å². The van der Waals surface area contributed by atoms with Gasteiger partial charge in [-0.3, -0.25) is 14.4 Å². The SMILES string of the molecule is CC(=O)NC(Cc1c[nH]c2ccccc12)C(=O)N1CCC(C)(C(=O)O)C1. The van der Waals surface area contributed by atoms with E-state index in [0.29, 0.717) is 19.4 Å². The van der Waals surface area contributed by atoms with Gasteiger partial charge in [-0.2, -0.15) is 0 Å². The zero-order valence-electron chi connectivity index (χ0n) is 14.9. The number of aromatic amines is 1. The molecule has 1 fully saturated rings. The number of amides is 2. The number of likely N-dealkylation sites (tertiary alicyclic amines) is 1. The summed E-state index contributed by atoms with van der Waals surface area (Å²) in [6.45, 7) is 3.56. The fraction of sp³-hybridized carbons (Fsp3) is 0.421. The highest BCUT2D eigenvalue weighted by molar-refractivity contribution is 5.90. The number of carboxylic acids is 1. The molecule has 1 aliphatic heterocycles. The summed E-state index contributed by atoms with van der Waals surface area (Å²) < 4.78 is 0. The molecular weight excluding hydrogens is 334 g/mol. The lowest BCUT2D eigenvalue weighted by Gasteiger charge is -2.25. The third kappa shape index (κ3) is 3.42. The Kier molecular flexibility index (Phi) is 4.71. The van der Waals surface area contributed by atoms with E-state index < -0.39 is 17.4 Å². The molecule has 3 N–H and O–H groups in total. The first-order chi connectivity index (χ1) is 12.3. The molecule has 2 amide bonds. The summed E-state index contributed by atoms with van der Waals surface area (Å²) in [6, 6.07) is 7.05. The Labute approximate surface area is 151 Å². The van der Waals surface area contributed by atoms with Gasteiger partial charge in [0.15, 0.2) is 0 Å². The highest BCUT2D eigenvalue weighted by Gasteiger charge is 2.43. The van der Waals surface area contributed by atoms with Crippen LogP contribution in [0.5, 0.6) is 0 Å². The molecule has 0 spiro atoms. The summed E-state index contributed by atoms with van der Waals surface area (Å²) in [5, 5.41) is 13.1. The molecule has 7 nitrogen and oxygen atoms in total. The van der Waals surface area contributed by atoms with Crippen molar-refractivity contribution in [3.8, 4) is 0 Å². The molecule has 1 aliphatic rings. The van der Waals surface area contributed by atoms with Gasteiger partial charge < -0.3 is 20.3 Å². The van der Waals surface area contributed by atoms with Crippen molar-refractivity contribution in [1.82, 2.24) is 15.2 Å². The van der Waals surface area contributed by atoms with Crippen LogP contribution in [0.4, 0.5) is 0 Å². The first kappa shape index (κ1) is 18.0. The number of rotatable bonds is 5. The largest absolute Gasteiger partial charge is 0.481 e. The van der Waals surface area contributed by atoms with Gasteiger partial charge in [-0.25, -0.2) is 0 Å². The summed E-state index contributed by atoms with van der Waals surface area (Å²) in [5.74, 6) is -1.43. The Balaban J connectivity index is 1.81. The number of hydrogen-bond acceptors (Lipinski definition) is 3. The number of carbonyl (C=O) groups excluding carboxylic acids is 2. The van der Waals surface area contributed by atoms with E-state index in [1.807, 2.05) is 30.5 Å². The molecule has 1 saturated heterocycles. The summed E-state index contributed by atoms with van der Waals surface area (Å²) in [5.41, 5.74) is 0.973. The third-order valence-corrected chi connectivity index (χ3v) is 5.08. The number of fused-ring (bicyclic) bond motifs is 1. The first-order valence-corrected chi connectivity index (χ1v) is 8.64. The summed E-state index contributed by atoms with van der Waals surface area (Å²) >= 11 is 0. The second-order valence-corrected chi connectivity index (χ2v) is 7.19. The number of carbonyl (C=O) groups is 3. The van der Waals surface area contributed by atoms with Crippen molar-refractivity contribution >= 4 is 28.7 Å². The number of aromatic nitrogens is 1. The van der Waals surface area contributed by atoms with Crippen LogP contribution < -0.4 is 5.32 Å². The number of hydrogen-bond donors (Lipinski definition) is 3. The Morgan fingerprint density at radius 1 is 1.35 bits per heavy atom. The average Bonchev–Trinajstić information content (AvgIpc) is 3.18. The zero-order valence-corrected chi connectivity index (χ0v) is 14.9. The fourth-order valence-electron chi connectivity index (χ4n) is 3.51.